The fraction of sp³-hybridized carbons (Fsp3) is 0.312. The Morgan fingerprint density at radius 3 is 2.37 bits per heavy atom. The molecule has 0 aliphatic rings. The van der Waals surface area contributed by atoms with Gasteiger partial charge in [0.15, 0.2) is 5.78 Å². The summed E-state index contributed by atoms with van der Waals surface area (Å²) in [6.45, 7) is 3.99. The van der Waals surface area contributed by atoms with Crippen LogP contribution in [-0.4, -0.2) is 17.6 Å². The van der Waals surface area contributed by atoms with Gasteiger partial charge >= 0.3 is 0 Å². The number of hydrogen-bond donors (Lipinski definition) is 0. The standard InChI is InChI=1S/C16H18O2S/c1-16(2,19)10-14(17)12-8-9-15(18-3)13-7-5-4-6-11(12)13/h4-9,19H,10H2,1-3H3/p+1. The third-order valence-corrected chi connectivity index (χ3v) is 3.18. The van der Waals surface area contributed by atoms with E-state index in [4.69, 9.17) is 4.74 Å². The number of carbonyl (C=O) groups excluding carboxylic acids is 1. The maximum Gasteiger partial charge on any atom is 0.168 e. The molecule has 0 amide bonds. The van der Waals surface area contributed by atoms with Gasteiger partial charge in [0.2, 0.25) is 0 Å². The van der Waals surface area contributed by atoms with E-state index in [1.165, 1.54) is 0 Å². The zero-order valence-corrected chi connectivity index (χ0v) is 12.5. The largest absolute Gasteiger partial charge is 0.496 e. The molecule has 0 heterocycles. The van der Waals surface area contributed by atoms with E-state index in [2.05, 4.69) is 12.6 Å². The molecular formula is C16H19O2S+. The maximum atomic E-state index is 12.4. The van der Waals surface area contributed by atoms with Crippen LogP contribution in [0.5, 0.6) is 5.75 Å². The molecule has 19 heavy (non-hydrogen) atoms. The summed E-state index contributed by atoms with van der Waals surface area (Å²) in [6.07, 6.45) is 0.459. The van der Waals surface area contributed by atoms with Gasteiger partial charge in [0.25, 0.3) is 0 Å². The quantitative estimate of drug-likeness (QED) is 0.632. The van der Waals surface area contributed by atoms with E-state index in [0.29, 0.717) is 6.42 Å². The number of carbonyl (C=O) groups is 1. The lowest BCUT2D eigenvalue weighted by Gasteiger charge is -2.13. The third kappa shape index (κ3) is 3.10. The molecule has 0 fully saturated rings. The predicted molar refractivity (Wildman–Crippen MR) is 83.7 cm³/mol. The van der Waals surface area contributed by atoms with Gasteiger partial charge in [-0.3, -0.25) is 4.79 Å². The summed E-state index contributed by atoms with van der Waals surface area (Å²) in [6, 6.07) is 11.5. The molecule has 0 unspecified atom stereocenters. The summed E-state index contributed by atoms with van der Waals surface area (Å²) in [4.78, 5) is 12.4. The van der Waals surface area contributed by atoms with Crippen LogP contribution in [0.3, 0.4) is 0 Å². The molecule has 2 nitrogen and oxygen atoms in total. The number of benzene rings is 2. The van der Waals surface area contributed by atoms with Crippen molar-refractivity contribution in [2.45, 2.75) is 25.0 Å². The Kier molecular flexibility index (Phi) is 3.85. The van der Waals surface area contributed by atoms with E-state index in [1.807, 2.05) is 50.2 Å². The van der Waals surface area contributed by atoms with Crippen LogP contribution in [0.2, 0.25) is 0 Å². The van der Waals surface area contributed by atoms with E-state index in [-0.39, 0.29) is 10.5 Å². The van der Waals surface area contributed by atoms with Gasteiger partial charge in [-0.2, -0.15) is 0 Å². The fourth-order valence-corrected chi connectivity index (χ4v) is 2.35. The second-order valence-corrected chi connectivity index (χ2v) is 6.70. The molecule has 0 saturated heterocycles. The molecule has 0 aromatic heterocycles. The van der Waals surface area contributed by atoms with Crippen LogP contribution in [0.25, 0.3) is 10.8 Å². The molecule has 0 saturated carbocycles. The van der Waals surface area contributed by atoms with Crippen LogP contribution in [0.4, 0.5) is 0 Å². The van der Waals surface area contributed by atoms with E-state index in [9.17, 15) is 4.79 Å². The molecule has 2 aromatic carbocycles. The first-order valence-electron chi connectivity index (χ1n) is 6.26. The van der Waals surface area contributed by atoms with Crippen LogP contribution in [-0.2, 0) is 12.6 Å². The second-order valence-electron chi connectivity index (χ2n) is 5.34. The highest BCUT2D eigenvalue weighted by Gasteiger charge is 2.24. The van der Waals surface area contributed by atoms with E-state index >= 15 is 0 Å². The second kappa shape index (κ2) is 5.25. The van der Waals surface area contributed by atoms with Gasteiger partial charge in [0.05, 0.1) is 13.5 Å². The van der Waals surface area contributed by atoms with Crippen molar-refractivity contribution < 1.29 is 9.53 Å². The van der Waals surface area contributed by atoms with E-state index in [1.54, 1.807) is 7.11 Å². The van der Waals surface area contributed by atoms with Crippen molar-refractivity contribution in [3.05, 3.63) is 42.0 Å². The molecule has 0 N–H and O–H groups in total. The van der Waals surface area contributed by atoms with Gasteiger partial charge in [-0.15, -0.1) is 0 Å². The van der Waals surface area contributed by atoms with Gasteiger partial charge in [-0.05, 0) is 44.0 Å². The summed E-state index contributed by atoms with van der Waals surface area (Å²) in [7, 11) is 1.64. The van der Waals surface area contributed by atoms with Crippen LogP contribution < -0.4 is 4.74 Å². The number of hydrogen-bond acceptors (Lipinski definition) is 2. The van der Waals surface area contributed by atoms with Crippen LogP contribution in [0, 0.1) is 0 Å². The van der Waals surface area contributed by atoms with Crippen molar-refractivity contribution in [2.75, 3.05) is 7.11 Å². The van der Waals surface area contributed by atoms with Crippen LogP contribution in [0.1, 0.15) is 30.6 Å². The van der Waals surface area contributed by atoms with Crippen molar-refractivity contribution in [1.29, 1.82) is 0 Å². The minimum Gasteiger partial charge on any atom is -0.496 e. The highest BCUT2D eigenvalue weighted by molar-refractivity contribution is 7.60. The van der Waals surface area contributed by atoms with Crippen molar-refractivity contribution in [3.8, 4) is 5.75 Å². The first-order chi connectivity index (χ1) is 8.92. The van der Waals surface area contributed by atoms with Gasteiger partial charge in [0, 0.05) is 10.9 Å². The molecule has 0 bridgehead atoms. The first-order valence-corrected chi connectivity index (χ1v) is 6.76. The van der Waals surface area contributed by atoms with Crippen LogP contribution >= 0.6 is 0 Å². The lowest BCUT2D eigenvalue weighted by Crippen LogP contribution is -2.20. The highest BCUT2D eigenvalue weighted by Crippen LogP contribution is 2.29. The first kappa shape index (κ1) is 13.9. The van der Waals surface area contributed by atoms with Gasteiger partial charge in [-0.25, -0.2) is 0 Å². The predicted octanol–water partition coefficient (Wildman–Crippen LogP) is 3.21. The maximum absolute atomic E-state index is 12.4. The lowest BCUT2D eigenvalue weighted by molar-refractivity contribution is 0.0975. The Bertz CT molecular complexity index is 612. The van der Waals surface area contributed by atoms with Crippen molar-refractivity contribution in [2.24, 2.45) is 0 Å². The molecule has 3 heteroatoms. The van der Waals surface area contributed by atoms with Gasteiger partial charge < -0.3 is 4.74 Å². The summed E-state index contributed by atoms with van der Waals surface area (Å²) in [5, 5.41) is 1.92. The Morgan fingerprint density at radius 2 is 1.79 bits per heavy atom. The zero-order valence-electron chi connectivity index (χ0n) is 11.5. The molecule has 0 radical (unpaired) electrons. The number of ketones is 1. The lowest BCUT2D eigenvalue weighted by atomic mass is 9.95. The number of Topliss-reactive ketones (excluding diaryl/α,β-unsaturated/α-hetero) is 1. The summed E-state index contributed by atoms with van der Waals surface area (Å²) >= 11 is 3.58. The monoisotopic (exact) mass is 275 g/mol. The molecule has 2 aromatic rings. The number of rotatable bonds is 4. The average molecular weight is 275 g/mol. The molecule has 0 aliphatic heterocycles. The summed E-state index contributed by atoms with van der Waals surface area (Å²) in [5.41, 5.74) is 0.753. The zero-order chi connectivity index (χ0) is 14.0. The van der Waals surface area contributed by atoms with Crippen molar-refractivity contribution >= 4 is 29.2 Å². The van der Waals surface area contributed by atoms with Gasteiger partial charge in [0.1, 0.15) is 10.5 Å². The topological polar surface area (TPSA) is 26.3 Å². The minimum absolute atomic E-state index is 0.138. The average Bonchev–Trinajstić information content (AvgIpc) is 2.35. The minimum atomic E-state index is -0.196. The van der Waals surface area contributed by atoms with Gasteiger partial charge in [-0.1, -0.05) is 24.3 Å². The fourth-order valence-electron chi connectivity index (χ4n) is 2.19. The van der Waals surface area contributed by atoms with Crippen LogP contribution in [0.15, 0.2) is 36.4 Å². The van der Waals surface area contributed by atoms with E-state index in [0.717, 1.165) is 22.1 Å². The Balaban J connectivity index is 2.53. The highest BCUT2D eigenvalue weighted by atomic mass is 32.1. The molecule has 100 valence electrons. The van der Waals surface area contributed by atoms with Crippen molar-refractivity contribution in [1.82, 2.24) is 0 Å². The number of ether oxygens (including phenoxy) is 1. The smallest absolute Gasteiger partial charge is 0.168 e. The van der Waals surface area contributed by atoms with Crippen molar-refractivity contribution in [3.63, 3.8) is 0 Å². The summed E-state index contributed by atoms with van der Waals surface area (Å²) in [5.74, 6) is 0.934. The summed E-state index contributed by atoms with van der Waals surface area (Å²) < 4.78 is 5.15. The third-order valence-electron chi connectivity index (χ3n) is 3.01. The molecule has 0 atom stereocenters. The Hall–Kier alpha value is -1.48. The normalized spacial score (nSPS) is 11.6. The Labute approximate surface area is 119 Å². The number of fused-ring (bicyclic) bond motifs is 1. The SMILES string of the molecule is COc1ccc(C(=O)CC(C)(C)[SH2+])c2ccccc12. The molecule has 0 aliphatic carbocycles. The molecule has 0 spiro atoms. The molecule has 2 rings (SSSR count). The van der Waals surface area contributed by atoms with E-state index < -0.39 is 0 Å². The molecular weight excluding hydrogens is 256 g/mol. The Morgan fingerprint density at radius 1 is 1.16 bits per heavy atom. The number of methoxy groups -OCH3 is 1.